The van der Waals surface area contributed by atoms with Gasteiger partial charge in [0.25, 0.3) is 0 Å². The van der Waals surface area contributed by atoms with Crippen LogP contribution in [0.5, 0.6) is 0 Å². The lowest BCUT2D eigenvalue weighted by atomic mass is 10.0. The minimum absolute atomic E-state index is 0.433. The predicted molar refractivity (Wildman–Crippen MR) is 73.0 cm³/mol. The molecule has 1 aromatic heterocycles. The lowest BCUT2D eigenvalue weighted by Crippen LogP contribution is -2.21. The number of aromatic nitrogens is 2. The minimum Gasteiger partial charge on any atom is -0.309 e. The van der Waals surface area contributed by atoms with Crippen LogP contribution in [0.4, 0.5) is 0 Å². The van der Waals surface area contributed by atoms with Gasteiger partial charge in [0.05, 0.1) is 11.7 Å². The molecule has 0 radical (unpaired) electrons. The Morgan fingerprint density at radius 2 is 2.00 bits per heavy atom. The molecule has 98 valence electrons. The van der Waals surface area contributed by atoms with Crippen molar-refractivity contribution in [1.82, 2.24) is 15.1 Å². The van der Waals surface area contributed by atoms with Gasteiger partial charge in [-0.15, -0.1) is 0 Å². The molecule has 1 rings (SSSR count). The van der Waals surface area contributed by atoms with Crippen molar-refractivity contribution in [3.8, 4) is 0 Å². The van der Waals surface area contributed by atoms with E-state index in [2.05, 4.69) is 30.3 Å². The number of rotatable bonds is 9. The predicted octanol–water partition coefficient (Wildman–Crippen LogP) is 3.43. The first-order valence-electron chi connectivity index (χ1n) is 7.00. The first kappa shape index (κ1) is 14.2. The SMILES string of the molecule is CCCCCCCC(NCC)c1ccn(C)n1. The Bertz CT molecular complexity index is 293. The molecular formula is C14H27N3. The summed E-state index contributed by atoms with van der Waals surface area (Å²) in [7, 11) is 1.98. The van der Waals surface area contributed by atoms with Gasteiger partial charge < -0.3 is 5.32 Å². The summed E-state index contributed by atoms with van der Waals surface area (Å²) < 4.78 is 1.89. The smallest absolute Gasteiger partial charge is 0.0793 e. The van der Waals surface area contributed by atoms with E-state index in [9.17, 15) is 0 Å². The molecule has 0 saturated heterocycles. The van der Waals surface area contributed by atoms with Crippen LogP contribution >= 0.6 is 0 Å². The van der Waals surface area contributed by atoms with E-state index in [1.807, 2.05) is 17.9 Å². The average Bonchev–Trinajstić information content (AvgIpc) is 2.74. The van der Waals surface area contributed by atoms with E-state index >= 15 is 0 Å². The highest BCUT2D eigenvalue weighted by Crippen LogP contribution is 2.18. The zero-order valence-electron chi connectivity index (χ0n) is 11.6. The Hall–Kier alpha value is -0.830. The van der Waals surface area contributed by atoms with Crippen molar-refractivity contribution in [3.63, 3.8) is 0 Å². The van der Waals surface area contributed by atoms with Crippen LogP contribution in [-0.2, 0) is 7.05 Å². The monoisotopic (exact) mass is 237 g/mol. The van der Waals surface area contributed by atoms with Gasteiger partial charge in [0.1, 0.15) is 0 Å². The number of nitrogens with zero attached hydrogens (tertiary/aromatic N) is 2. The topological polar surface area (TPSA) is 29.9 Å². The molecule has 0 aliphatic carbocycles. The van der Waals surface area contributed by atoms with E-state index in [-0.39, 0.29) is 0 Å². The molecule has 0 aromatic carbocycles. The minimum atomic E-state index is 0.433. The quantitative estimate of drug-likeness (QED) is 0.667. The van der Waals surface area contributed by atoms with Crippen molar-refractivity contribution in [2.75, 3.05) is 6.54 Å². The maximum atomic E-state index is 4.50. The Morgan fingerprint density at radius 1 is 1.24 bits per heavy atom. The van der Waals surface area contributed by atoms with Crippen molar-refractivity contribution in [1.29, 1.82) is 0 Å². The van der Waals surface area contributed by atoms with Gasteiger partial charge in [-0.2, -0.15) is 5.10 Å². The summed E-state index contributed by atoms with van der Waals surface area (Å²) in [5, 5.41) is 8.03. The highest BCUT2D eigenvalue weighted by molar-refractivity contribution is 5.05. The van der Waals surface area contributed by atoms with Crippen molar-refractivity contribution in [3.05, 3.63) is 18.0 Å². The fraction of sp³-hybridized carbons (Fsp3) is 0.786. The van der Waals surface area contributed by atoms with Gasteiger partial charge in [-0.1, -0.05) is 46.0 Å². The Kier molecular flexibility index (Phi) is 6.94. The summed E-state index contributed by atoms with van der Waals surface area (Å²) in [6.45, 7) is 5.43. The molecule has 1 aromatic rings. The van der Waals surface area contributed by atoms with Crippen molar-refractivity contribution in [2.45, 2.75) is 58.4 Å². The van der Waals surface area contributed by atoms with Gasteiger partial charge in [-0.25, -0.2) is 0 Å². The van der Waals surface area contributed by atoms with E-state index in [1.54, 1.807) is 0 Å². The summed E-state index contributed by atoms with van der Waals surface area (Å²) in [5.41, 5.74) is 1.19. The number of hydrogen-bond donors (Lipinski definition) is 1. The Labute approximate surface area is 106 Å². The van der Waals surface area contributed by atoms with Gasteiger partial charge >= 0.3 is 0 Å². The van der Waals surface area contributed by atoms with E-state index in [4.69, 9.17) is 0 Å². The van der Waals surface area contributed by atoms with Crippen LogP contribution in [0, 0.1) is 0 Å². The molecule has 17 heavy (non-hydrogen) atoms. The van der Waals surface area contributed by atoms with Crippen LogP contribution in [0.3, 0.4) is 0 Å². The fourth-order valence-corrected chi connectivity index (χ4v) is 2.17. The number of hydrogen-bond acceptors (Lipinski definition) is 2. The van der Waals surface area contributed by atoms with E-state index < -0.39 is 0 Å². The molecular weight excluding hydrogens is 210 g/mol. The van der Waals surface area contributed by atoms with Crippen LogP contribution < -0.4 is 5.32 Å². The molecule has 1 unspecified atom stereocenters. The van der Waals surface area contributed by atoms with Crippen LogP contribution in [0.2, 0.25) is 0 Å². The molecule has 1 atom stereocenters. The number of nitrogens with one attached hydrogen (secondary N) is 1. The third-order valence-electron chi connectivity index (χ3n) is 3.14. The zero-order chi connectivity index (χ0) is 12.5. The highest BCUT2D eigenvalue weighted by Gasteiger charge is 2.12. The summed E-state index contributed by atoms with van der Waals surface area (Å²) in [4.78, 5) is 0. The van der Waals surface area contributed by atoms with Crippen LogP contribution in [-0.4, -0.2) is 16.3 Å². The summed E-state index contributed by atoms with van der Waals surface area (Å²) in [6, 6.07) is 2.56. The molecule has 0 aliphatic rings. The largest absolute Gasteiger partial charge is 0.309 e. The van der Waals surface area contributed by atoms with E-state index in [0.29, 0.717) is 6.04 Å². The lowest BCUT2D eigenvalue weighted by molar-refractivity contribution is 0.466. The molecule has 0 saturated carbocycles. The summed E-state index contributed by atoms with van der Waals surface area (Å²) >= 11 is 0. The molecule has 1 heterocycles. The zero-order valence-corrected chi connectivity index (χ0v) is 11.6. The summed E-state index contributed by atoms with van der Waals surface area (Å²) in [5.74, 6) is 0. The fourth-order valence-electron chi connectivity index (χ4n) is 2.17. The van der Waals surface area contributed by atoms with Gasteiger partial charge in [-0.3, -0.25) is 4.68 Å². The van der Waals surface area contributed by atoms with Crippen LogP contribution in [0.1, 0.15) is 64.1 Å². The first-order valence-corrected chi connectivity index (χ1v) is 7.00. The first-order chi connectivity index (χ1) is 8.27. The second-order valence-corrected chi connectivity index (χ2v) is 4.73. The standard InChI is InChI=1S/C14H27N3/c1-4-6-7-8-9-10-13(15-5-2)14-11-12-17(3)16-14/h11-13,15H,4-10H2,1-3H3. The van der Waals surface area contributed by atoms with Crippen molar-refractivity contribution < 1.29 is 0 Å². The van der Waals surface area contributed by atoms with Gasteiger partial charge in [-0.05, 0) is 19.0 Å². The molecule has 0 amide bonds. The van der Waals surface area contributed by atoms with Crippen LogP contribution in [0.25, 0.3) is 0 Å². The second-order valence-electron chi connectivity index (χ2n) is 4.73. The van der Waals surface area contributed by atoms with Crippen LogP contribution in [0.15, 0.2) is 12.3 Å². The van der Waals surface area contributed by atoms with Gasteiger partial charge in [0.2, 0.25) is 0 Å². The molecule has 3 heteroatoms. The molecule has 0 fully saturated rings. The highest BCUT2D eigenvalue weighted by atomic mass is 15.3. The van der Waals surface area contributed by atoms with E-state index in [0.717, 1.165) is 6.54 Å². The number of aryl methyl sites for hydroxylation is 1. The van der Waals surface area contributed by atoms with Crippen molar-refractivity contribution in [2.24, 2.45) is 7.05 Å². The normalized spacial score (nSPS) is 12.9. The molecule has 0 aliphatic heterocycles. The number of unbranched alkanes of at least 4 members (excludes halogenated alkanes) is 4. The maximum Gasteiger partial charge on any atom is 0.0793 e. The van der Waals surface area contributed by atoms with Crippen molar-refractivity contribution >= 4 is 0 Å². The van der Waals surface area contributed by atoms with Gasteiger partial charge in [0.15, 0.2) is 0 Å². The summed E-state index contributed by atoms with van der Waals surface area (Å²) in [6.07, 6.45) is 9.94. The van der Waals surface area contributed by atoms with Gasteiger partial charge in [0, 0.05) is 13.2 Å². The Balaban J connectivity index is 2.33. The maximum absolute atomic E-state index is 4.50. The molecule has 0 spiro atoms. The molecule has 0 bridgehead atoms. The Morgan fingerprint density at radius 3 is 2.59 bits per heavy atom. The second kappa shape index (κ2) is 8.29. The van der Waals surface area contributed by atoms with E-state index in [1.165, 1.54) is 44.2 Å². The third-order valence-corrected chi connectivity index (χ3v) is 3.14. The molecule has 3 nitrogen and oxygen atoms in total. The third kappa shape index (κ3) is 5.35. The lowest BCUT2D eigenvalue weighted by Gasteiger charge is -2.15. The molecule has 1 N–H and O–H groups in total. The average molecular weight is 237 g/mol.